The highest BCUT2D eigenvalue weighted by Crippen LogP contribution is 2.40. The van der Waals surface area contributed by atoms with E-state index in [1.165, 1.54) is 24.1 Å². The highest BCUT2D eigenvalue weighted by molar-refractivity contribution is 5.69. The van der Waals surface area contributed by atoms with Gasteiger partial charge in [-0.2, -0.15) is 5.26 Å². The third-order valence-electron chi connectivity index (χ3n) is 8.10. The lowest BCUT2D eigenvalue weighted by molar-refractivity contribution is 0.0897. The van der Waals surface area contributed by atoms with Crippen molar-refractivity contribution in [2.45, 2.75) is 83.3 Å². The molecule has 1 aliphatic carbocycles. The molecule has 2 fully saturated rings. The Balaban J connectivity index is 1.48. The van der Waals surface area contributed by atoms with Gasteiger partial charge in [0.1, 0.15) is 0 Å². The van der Waals surface area contributed by atoms with Crippen LogP contribution in [0.5, 0.6) is 0 Å². The lowest BCUT2D eigenvalue weighted by Gasteiger charge is -2.50. The van der Waals surface area contributed by atoms with Crippen LogP contribution in [0.2, 0.25) is 0 Å². The van der Waals surface area contributed by atoms with Gasteiger partial charge in [0.25, 0.3) is 5.56 Å². The van der Waals surface area contributed by atoms with Crippen molar-refractivity contribution >= 4 is 11.3 Å². The van der Waals surface area contributed by atoms with Crippen molar-refractivity contribution in [3.63, 3.8) is 0 Å². The summed E-state index contributed by atoms with van der Waals surface area (Å²) in [6.07, 6.45) is 9.70. The number of nitriles is 1. The zero-order chi connectivity index (χ0) is 25.4. The molecule has 4 heterocycles. The van der Waals surface area contributed by atoms with Crippen molar-refractivity contribution in [2.75, 3.05) is 18.0 Å². The number of anilines is 1. The molecular formula is C28H37N7O. The summed E-state index contributed by atoms with van der Waals surface area (Å²) in [6.45, 7) is 8.50. The molecule has 36 heavy (non-hydrogen) atoms. The van der Waals surface area contributed by atoms with Gasteiger partial charge in [0.05, 0.1) is 30.1 Å². The molecule has 5 rings (SSSR count). The monoisotopic (exact) mass is 487 g/mol. The van der Waals surface area contributed by atoms with E-state index in [1.54, 1.807) is 22.3 Å². The number of hydrogen-bond donors (Lipinski definition) is 0. The molecule has 190 valence electrons. The lowest BCUT2D eigenvalue weighted by atomic mass is 9.95. The molecule has 0 bridgehead atoms. The molecule has 0 N–H and O–H groups in total. The normalized spacial score (nSPS) is 21.6. The molecule has 1 saturated carbocycles. The summed E-state index contributed by atoms with van der Waals surface area (Å²) in [4.78, 5) is 27.5. The third-order valence-corrected chi connectivity index (χ3v) is 8.10. The molecule has 0 spiro atoms. The van der Waals surface area contributed by atoms with E-state index < -0.39 is 0 Å². The summed E-state index contributed by atoms with van der Waals surface area (Å²) in [5.74, 6) is 0.669. The van der Waals surface area contributed by atoms with Crippen LogP contribution in [0.15, 0.2) is 35.4 Å². The van der Waals surface area contributed by atoms with Gasteiger partial charge in [0, 0.05) is 62.1 Å². The first-order valence-electron chi connectivity index (χ1n) is 13.4. The molecule has 3 atom stereocenters. The largest absolute Gasteiger partial charge is 0.362 e. The van der Waals surface area contributed by atoms with Crippen LogP contribution in [-0.4, -0.2) is 49.2 Å². The maximum absolute atomic E-state index is 12.9. The molecule has 1 aliphatic heterocycles. The van der Waals surface area contributed by atoms with Crippen molar-refractivity contribution in [2.24, 2.45) is 7.05 Å². The summed E-state index contributed by atoms with van der Waals surface area (Å²) < 4.78 is 3.36. The van der Waals surface area contributed by atoms with Gasteiger partial charge in [-0.1, -0.05) is 26.8 Å². The van der Waals surface area contributed by atoms with E-state index in [0.717, 1.165) is 43.7 Å². The van der Waals surface area contributed by atoms with Crippen molar-refractivity contribution in [3.05, 3.63) is 57.9 Å². The summed E-state index contributed by atoms with van der Waals surface area (Å²) >= 11 is 0. The Bertz CT molecular complexity index is 1310. The second kappa shape index (κ2) is 10.1. The van der Waals surface area contributed by atoms with Gasteiger partial charge in [0.15, 0.2) is 5.65 Å². The predicted octanol–water partition coefficient (Wildman–Crippen LogP) is 4.20. The summed E-state index contributed by atoms with van der Waals surface area (Å²) in [6, 6.07) is 9.35. The van der Waals surface area contributed by atoms with E-state index in [0.29, 0.717) is 23.7 Å². The fourth-order valence-corrected chi connectivity index (χ4v) is 5.84. The number of piperazine rings is 1. The van der Waals surface area contributed by atoms with E-state index in [2.05, 4.69) is 55.0 Å². The lowest BCUT2D eigenvalue weighted by Crippen LogP contribution is -2.59. The molecule has 0 aromatic carbocycles. The Morgan fingerprint density at radius 3 is 2.53 bits per heavy atom. The minimum absolute atomic E-state index is 0.0722. The molecule has 3 aromatic heterocycles. The maximum Gasteiger partial charge on any atom is 0.267 e. The first-order valence-corrected chi connectivity index (χ1v) is 13.4. The van der Waals surface area contributed by atoms with Crippen molar-refractivity contribution in [3.8, 4) is 6.07 Å². The number of fused-ring (bicyclic) bond motifs is 1. The van der Waals surface area contributed by atoms with Gasteiger partial charge in [0.2, 0.25) is 0 Å². The Labute approximate surface area is 213 Å². The molecular weight excluding hydrogens is 450 g/mol. The number of pyridine rings is 1. The molecule has 0 amide bonds. The average molecular weight is 488 g/mol. The number of imidazole rings is 1. The Kier molecular flexibility index (Phi) is 6.85. The number of aromatic nitrogens is 4. The van der Waals surface area contributed by atoms with Crippen LogP contribution in [0.25, 0.3) is 5.65 Å². The fourth-order valence-electron chi connectivity index (χ4n) is 5.84. The minimum Gasteiger partial charge on any atom is -0.362 e. The van der Waals surface area contributed by atoms with Crippen LogP contribution in [0.1, 0.15) is 81.8 Å². The predicted molar refractivity (Wildman–Crippen MR) is 141 cm³/mol. The first kappa shape index (κ1) is 24.5. The second-order valence-corrected chi connectivity index (χ2v) is 10.3. The maximum atomic E-state index is 12.9. The second-order valence-electron chi connectivity index (χ2n) is 10.3. The number of rotatable bonds is 8. The Hall–Kier alpha value is -3.18. The number of aryl methyl sites for hydroxylation is 1. The summed E-state index contributed by atoms with van der Waals surface area (Å²) in [5.41, 5.74) is 4.77. The zero-order valence-corrected chi connectivity index (χ0v) is 21.9. The minimum atomic E-state index is -0.0722. The SMILES string of the molecule is CCC(c1ccc(C2CC2)nc1)N1C[C@H](CC)N(c2cc(=O)n(C)n3cc(CC#N)nc23)C[C@H]1CC. The zero-order valence-electron chi connectivity index (χ0n) is 21.9. The van der Waals surface area contributed by atoms with Gasteiger partial charge in [-0.05, 0) is 43.7 Å². The van der Waals surface area contributed by atoms with Gasteiger partial charge in [-0.3, -0.25) is 14.7 Å². The van der Waals surface area contributed by atoms with Crippen LogP contribution < -0.4 is 10.5 Å². The fraction of sp³-hybridized carbons (Fsp3) is 0.571. The molecule has 1 unspecified atom stereocenters. The standard InChI is InChI=1S/C28H37N7O/c1-5-22-18-34(26-14-27(36)32(4)35-16-21(12-13-29)31-28(26)35)23(6-2)17-33(22)25(7-3)20-10-11-24(30-15-20)19-8-9-19/h10-11,14-16,19,22-23,25H,5-9,12,17-18H2,1-4H3/t22-,23+,25?/m1/s1. The van der Waals surface area contributed by atoms with Gasteiger partial charge in [-0.25, -0.2) is 14.2 Å². The van der Waals surface area contributed by atoms with E-state index in [1.807, 2.05) is 6.20 Å². The van der Waals surface area contributed by atoms with Crippen LogP contribution in [0.4, 0.5) is 5.69 Å². The smallest absolute Gasteiger partial charge is 0.267 e. The topological polar surface area (TPSA) is 82.5 Å². The van der Waals surface area contributed by atoms with Gasteiger partial charge < -0.3 is 4.90 Å². The molecule has 8 nitrogen and oxygen atoms in total. The number of hydrogen-bond acceptors (Lipinski definition) is 6. The number of nitrogens with zero attached hydrogens (tertiary/aromatic N) is 7. The van der Waals surface area contributed by atoms with Crippen LogP contribution in [0, 0.1) is 11.3 Å². The quantitative estimate of drug-likeness (QED) is 0.474. The Morgan fingerprint density at radius 1 is 1.14 bits per heavy atom. The summed E-state index contributed by atoms with van der Waals surface area (Å²) in [5, 5.41) is 9.19. The third kappa shape index (κ3) is 4.41. The molecule has 2 aliphatic rings. The van der Waals surface area contributed by atoms with Gasteiger partial charge in [-0.15, -0.1) is 0 Å². The molecule has 3 aromatic rings. The summed E-state index contributed by atoms with van der Waals surface area (Å²) in [7, 11) is 1.75. The average Bonchev–Trinajstić information content (AvgIpc) is 3.66. The molecule has 0 radical (unpaired) electrons. The van der Waals surface area contributed by atoms with Crippen LogP contribution >= 0.6 is 0 Å². The molecule has 8 heteroatoms. The van der Waals surface area contributed by atoms with E-state index in [9.17, 15) is 10.1 Å². The van der Waals surface area contributed by atoms with Crippen LogP contribution in [0.3, 0.4) is 0 Å². The van der Waals surface area contributed by atoms with Crippen molar-refractivity contribution in [1.82, 2.24) is 24.1 Å². The highest BCUT2D eigenvalue weighted by Gasteiger charge is 2.37. The first-order chi connectivity index (χ1) is 17.5. The van der Waals surface area contributed by atoms with E-state index in [4.69, 9.17) is 9.97 Å². The molecule has 1 saturated heterocycles. The van der Waals surface area contributed by atoms with Crippen molar-refractivity contribution < 1.29 is 0 Å². The highest BCUT2D eigenvalue weighted by atomic mass is 16.1. The van der Waals surface area contributed by atoms with E-state index in [-0.39, 0.29) is 18.0 Å². The van der Waals surface area contributed by atoms with Crippen molar-refractivity contribution in [1.29, 1.82) is 5.26 Å². The van der Waals surface area contributed by atoms with Gasteiger partial charge >= 0.3 is 0 Å². The van der Waals surface area contributed by atoms with E-state index >= 15 is 0 Å². The Morgan fingerprint density at radius 2 is 1.92 bits per heavy atom. The van der Waals surface area contributed by atoms with Crippen LogP contribution in [-0.2, 0) is 13.5 Å².